The van der Waals surface area contributed by atoms with Crippen molar-refractivity contribution in [2.45, 2.75) is 12.5 Å². The molecule has 1 N–H and O–H groups in total. The van der Waals surface area contributed by atoms with Gasteiger partial charge in [-0.1, -0.05) is 0 Å². The Morgan fingerprint density at radius 2 is 1.42 bits per heavy atom. The first kappa shape index (κ1) is 16.5. The van der Waals surface area contributed by atoms with Crippen molar-refractivity contribution in [2.24, 2.45) is 0 Å². The van der Waals surface area contributed by atoms with Gasteiger partial charge in [0.05, 0.1) is 34.5 Å². The summed E-state index contributed by atoms with van der Waals surface area (Å²) in [4.78, 5) is 0. The summed E-state index contributed by atoms with van der Waals surface area (Å²) < 4.78 is 21.7. The zero-order chi connectivity index (χ0) is 17.1. The maximum absolute atomic E-state index is 5.47. The Bertz CT molecular complexity index is 707. The minimum absolute atomic E-state index is 0.0533. The third-order valence-corrected chi connectivity index (χ3v) is 4.41. The zero-order valence-corrected chi connectivity index (χ0v) is 14.5. The van der Waals surface area contributed by atoms with Gasteiger partial charge in [0.2, 0.25) is 0 Å². The second-order valence-electron chi connectivity index (χ2n) is 5.69. The molecule has 0 aromatic heterocycles. The molecule has 0 amide bonds. The number of ether oxygens (including phenoxy) is 4. The van der Waals surface area contributed by atoms with E-state index >= 15 is 0 Å². The van der Waals surface area contributed by atoms with E-state index in [4.69, 9.17) is 18.9 Å². The van der Waals surface area contributed by atoms with E-state index in [1.807, 2.05) is 18.2 Å². The van der Waals surface area contributed by atoms with Gasteiger partial charge in [-0.15, -0.1) is 0 Å². The predicted molar refractivity (Wildman–Crippen MR) is 92.6 cm³/mol. The standard InChI is InChI=1S/C19H23NO4/c1-21-14-7-13(8-15(10-14)22-2)19-16-11-18(24-4)17(23-3)9-12(16)5-6-20-19/h7-11,19-20H,5-6H2,1-4H3. The Morgan fingerprint density at radius 1 is 0.792 bits per heavy atom. The first-order chi connectivity index (χ1) is 11.7. The Labute approximate surface area is 142 Å². The van der Waals surface area contributed by atoms with Gasteiger partial charge >= 0.3 is 0 Å². The van der Waals surface area contributed by atoms with Crippen molar-refractivity contribution in [1.82, 2.24) is 5.32 Å². The highest BCUT2D eigenvalue weighted by Crippen LogP contribution is 2.38. The highest BCUT2D eigenvalue weighted by molar-refractivity contribution is 5.53. The van der Waals surface area contributed by atoms with Crippen molar-refractivity contribution < 1.29 is 18.9 Å². The number of hydrogen-bond donors (Lipinski definition) is 1. The quantitative estimate of drug-likeness (QED) is 0.914. The lowest BCUT2D eigenvalue weighted by Gasteiger charge is -2.29. The molecule has 0 saturated heterocycles. The van der Waals surface area contributed by atoms with E-state index in [1.165, 1.54) is 11.1 Å². The molecule has 0 saturated carbocycles. The minimum atomic E-state index is 0.0533. The SMILES string of the molecule is COc1cc(OC)cc(C2NCCc3cc(OC)c(OC)cc32)c1. The molecule has 1 atom stereocenters. The van der Waals surface area contributed by atoms with Crippen molar-refractivity contribution >= 4 is 0 Å². The van der Waals surface area contributed by atoms with Gasteiger partial charge in [-0.05, 0) is 47.4 Å². The van der Waals surface area contributed by atoms with E-state index in [1.54, 1.807) is 28.4 Å². The molecule has 0 bridgehead atoms. The summed E-state index contributed by atoms with van der Waals surface area (Å²) in [7, 11) is 6.64. The number of hydrogen-bond acceptors (Lipinski definition) is 5. The summed E-state index contributed by atoms with van der Waals surface area (Å²) in [5.74, 6) is 3.05. The van der Waals surface area contributed by atoms with Crippen LogP contribution in [0.15, 0.2) is 30.3 Å². The smallest absolute Gasteiger partial charge is 0.161 e. The first-order valence-electron chi connectivity index (χ1n) is 7.91. The monoisotopic (exact) mass is 329 g/mol. The molecule has 1 aliphatic heterocycles. The highest BCUT2D eigenvalue weighted by atomic mass is 16.5. The molecule has 1 unspecified atom stereocenters. The topological polar surface area (TPSA) is 49.0 Å². The molecule has 0 spiro atoms. The molecular formula is C19H23NO4. The lowest BCUT2D eigenvalue weighted by atomic mass is 9.89. The van der Waals surface area contributed by atoms with Gasteiger partial charge in [-0.25, -0.2) is 0 Å². The number of methoxy groups -OCH3 is 4. The van der Waals surface area contributed by atoms with Crippen LogP contribution in [0.2, 0.25) is 0 Å². The molecule has 128 valence electrons. The number of rotatable bonds is 5. The Morgan fingerprint density at radius 3 is 2.00 bits per heavy atom. The van der Waals surface area contributed by atoms with Crippen LogP contribution in [0.4, 0.5) is 0 Å². The van der Waals surface area contributed by atoms with Gasteiger partial charge in [-0.3, -0.25) is 0 Å². The Hall–Kier alpha value is -2.40. The largest absolute Gasteiger partial charge is 0.497 e. The molecule has 24 heavy (non-hydrogen) atoms. The van der Waals surface area contributed by atoms with Crippen LogP contribution in [0.5, 0.6) is 23.0 Å². The van der Waals surface area contributed by atoms with Gasteiger partial charge in [0.15, 0.2) is 11.5 Å². The molecule has 0 fully saturated rings. The van der Waals surface area contributed by atoms with Crippen LogP contribution in [-0.4, -0.2) is 35.0 Å². The lowest BCUT2D eigenvalue weighted by Crippen LogP contribution is -2.30. The van der Waals surface area contributed by atoms with E-state index in [9.17, 15) is 0 Å². The molecule has 0 radical (unpaired) electrons. The highest BCUT2D eigenvalue weighted by Gasteiger charge is 2.24. The van der Waals surface area contributed by atoms with Gasteiger partial charge in [0.25, 0.3) is 0 Å². The molecule has 1 heterocycles. The third-order valence-electron chi connectivity index (χ3n) is 4.41. The maximum atomic E-state index is 5.47. The third kappa shape index (κ3) is 2.99. The van der Waals surface area contributed by atoms with Crippen LogP contribution in [0, 0.1) is 0 Å². The van der Waals surface area contributed by atoms with Crippen LogP contribution in [-0.2, 0) is 6.42 Å². The fourth-order valence-electron chi connectivity index (χ4n) is 3.18. The van der Waals surface area contributed by atoms with Crippen molar-refractivity contribution in [1.29, 1.82) is 0 Å². The van der Waals surface area contributed by atoms with Crippen LogP contribution >= 0.6 is 0 Å². The summed E-state index contributed by atoms with van der Waals surface area (Å²) in [6.07, 6.45) is 0.952. The number of nitrogens with one attached hydrogen (secondary N) is 1. The fourth-order valence-corrected chi connectivity index (χ4v) is 3.18. The maximum Gasteiger partial charge on any atom is 0.161 e. The van der Waals surface area contributed by atoms with Crippen LogP contribution in [0.1, 0.15) is 22.7 Å². The predicted octanol–water partition coefficient (Wildman–Crippen LogP) is 2.96. The summed E-state index contributed by atoms with van der Waals surface area (Å²) in [5.41, 5.74) is 3.55. The van der Waals surface area contributed by atoms with Gasteiger partial charge in [-0.2, -0.15) is 0 Å². The summed E-state index contributed by atoms with van der Waals surface area (Å²) in [5, 5.41) is 3.58. The molecule has 2 aromatic rings. The van der Waals surface area contributed by atoms with Crippen LogP contribution in [0.3, 0.4) is 0 Å². The zero-order valence-electron chi connectivity index (χ0n) is 14.5. The van der Waals surface area contributed by atoms with Gasteiger partial charge in [0, 0.05) is 12.6 Å². The second-order valence-corrected chi connectivity index (χ2v) is 5.69. The normalized spacial score (nSPS) is 16.2. The Balaban J connectivity index is 2.09. The molecular weight excluding hydrogens is 306 g/mol. The van der Waals surface area contributed by atoms with E-state index in [2.05, 4.69) is 17.4 Å². The molecule has 3 rings (SSSR count). The average molecular weight is 329 g/mol. The minimum Gasteiger partial charge on any atom is -0.497 e. The van der Waals surface area contributed by atoms with E-state index < -0.39 is 0 Å². The average Bonchev–Trinajstić information content (AvgIpc) is 2.65. The first-order valence-corrected chi connectivity index (χ1v) is 7.91. The van der Waals surface area contributed by atoms with Crippen molar-refractivity contribution in [3.8, 4) is 23.0 Å². The van der Waals surface area contributed by atoms with Crippen LogP contribution < -0.4 is 24.3 Å². The van der Waals surface area contributed by atoms with E-state index in [-0.39, 0.29) is 6.04 Å². The summed E-state index contributed by atoms with van der Waals surface area (Å²) in [6, 6.07) is 10.1. The fraction of sp³-hybridized carbons (Fsp3) is 0.368. The van der Waals surface area contributed by atoms with Crippen molar-refractivity contribution in [2.75, 3.05) is 35.0 Å². The van der Waals surface area contributed by atoms with Crippen LogP contribution in [0.25, 0.3) is 0 Å². The molecule has 5 heteroatoms. The van der Waals surface area contributed by atoms with Gasteiger partial charge < -0.3 is 24.3 Å². The van der Waals surface area contributed by atoms with Gasteiger partial charge in [0.1, 0.15) is 11.5 Å². The van der Waals surface area contributed by atoms with Crippen molar-refractivity contribution in [3.05, 3.63) is 47.0 Å². The lowest BCUT2D eigenvalue weighted by molar-refractivity contribution is 0.352. The number of benzene rings is 2. The second kappa shape index (κ2) is 7.01. The van der Waals surface area contributed by atoms with E-state index in [0.29, 0.717) is 0 Å². The van der Waals surface area contributed by atoms with Crippen molar-refractivity contribution in [3.63, 3.8) is 0 Å². The summed E-state index contributed by atoms with van der Waals surface area (Å²) in [6.45, 7) is 0.896. The molecule has 2 aromatic carbocycles. The number of fused-ring (bicyclic) bond motifs is 1. The molecule has 5 nitrogen and oxygen atoms in total. The van der Waals surface area contributed by atoms with E-state index in [0.717, 1.165) is 41.5 Å². The Kier molecular flexibility index (Phi) is 4.81. The molecule has 0 aliphatic carbocycles. The summed E-state index contributed by atoms with van der Waals surface area (Å²) >= 11 is 0. The molecule has 1 aliphatic rings.